The summed E-state index contributed by atoms with van der Waals surface area (Å²) in [4.78, 5) is 20.7. The molecule has 0 saturated heterocycles. The molecule has 0 radical (unpaired) electrons. The van der Waals surface area contributed by atoms with Crippen LogP contribution in [-0.4, -0.2) is 29.2 Å². The van der Waals surface area contributed by atoms with Crippen LogP contribution in [-0.2, 0) is 0 Å². The molecular weight excluding hydrogens is 493 g/mol. The number of rotatable bonds is 2. The number of aromatic amines is 1. The van der Waals surface area contributed by atoms with Crippen LogP contribution in [0.5, 0.6) is 11.5 Å². The summed E-state index contributed by atoms with van der Waals surface area (Å²) in [6.45, 7) is 18.0. The third kappa shape index (κ3) is 22.0. The summed E-state index contributed by atoms with van der Waals surface area (Å²) < 4.78 is 22.3. The third-order valence-corrected chi connectivity index (χ3v) is 3.87. The van der Waals surface area contributed by atoms with Gasteiger partial charge in [-0.05, 0) is 38.5 Å². The second kappa shape index (κ2) is 26.1. The van der Waals surface area contributed by atoms with E-state index < -0.39 is 0 Å². The fraction of sp³-hybridized carbons (Fsp3) is 0.483. The van der Waals surface area contributed by atoms with Gasteiger partial charge in [-0.25, -0.2) is 9.37 Å². The van der Waals surface area contributed by atoms with Crippen LogP contribution in [0.25, 0.3) is 0 Å². The van der Waals surface area contributed by atoms with E-state index in [-0.39, 0.29) is 11.4 Å². The van der Waals surface area contributed by atoms with Gasteiger partial charge in [-0.1, -0.05) is 78.5 Å². The smallest absolute Gasteiger partial charge is 0.250 e. The van der Waals surface area contributed by atoms with Crippen molar-refractivity contribution in [2.75, 3.05) is 14.2 Å². The van der Waals surface area contributed by atoms with Crippen molar-refractivity contribution in [2.45, 2.75) is 81.6 Å². The van der Waals surface area contributed by atoms with E-state index in [9.17, 15) is 9.18 Å². The second-order valence-corrected chi connectivity index (χ2v) is 8.09. The van der Waals surface area contributed by atoms with E-state index in [1.165, 1.54) is 38.6 Å². The van der Waals surface area contributed by atoms with E-state index in [0.29, 0.717) is 16.6 Å². The number of methoxy groups -OCH3 is 2. The summed E-state index contributed by atoms with van der Waals surface area (Å²) in [6.07, 6.45) is 8.45. The molecule has 0 aromatic carbocycles. The number of hydrogen-bond acceptors (Lipinski definition) is 5. The monoisotopic (exact) mass is 539 g/mol. The van der Waals surface area contributed by atoms with Crippen molar-refractivity contribution in [3.8, 4) is 11.5 Å². The van der Waals surface area contributed by atoms with Gasteiger partial charge in [0.25, 0.3) is 5.56 Å². The molecule has 0 unspecified atom stereocenters. The number of aromatic nitrogens is 3. The van der Waals surface area contributed by atoms with Gasteiger partial charge < -0.3 is 14.5 Å². The fourth-order valence-corrected chi connectivity index (χ4v) is 1.85. The molecule has 3 aromatic heterocycles. The zero-order valence-electron chi connectivity index (χ0n) is 24.5. The number of pyridine rings is 3. The van der Waals surface area contributed by atoms with Crippen LogP contribution in [0.4, 0.5) is 4.39 Å². The molecule has 0 fully saturated rings. The molecule has 210 valence electrons. The quantitative estimate of drug-likeness (QED) is 0.330. The number of aryl methyl sites for hydroxylation is 3. The molecule has 0 amide bonds. The Balaban J connectivity index is -0.000000406. The van der Waals surface area contributed by atoms with E-state index in [0.717, 1.165) is 16.9 Å². The van der Waals surface area contributed by atoms with Crippen LogP contribution >= 0.6 is 11.6 Å². The molecule has 0 aliphatic carbocycles. The number of ether oxygens (including phenoxy) is 2. The first-order valence-corrected chi connectivity index (χ1v) is 12.9. The van der Waals surface area contributed by atoms with Crippen LogP contribution < -0.4 is 15.0 Å². The SMILES string of the molecule is CCC.CCC.CCC.COc1cnc(C)c(F)c1.COc1cnc(Cl)c(C)c1.Cc1ccc[nH]c1=O. The van der Waals surface area contributed by atoms with Crippen molar-refractivity contribution < 1.29 is 13.9 Å². The molecule has 1 N–H and O–H groups in total. The summed E-state index contributed by atoms with van der Waals surface area (Å²) >= 11 is 5.67. The molecule has 8 heteroatoms. The normalized spacial score (nSPS) is 8.57. The highest BCUT2D eigenvalue weighted by atomic mass is 35.5. The Morgan fingerprint density at radius 1 is 0.838 bits per heavy atom. The fourth-order valence-electron chi connectivity index (χ4n) is 1.75. The van der Waals surface area contributed by atoms with Gasteiger partial charge in [0.15, 0.2) is 0 Å². The maximum Gasteiger partial charge on any atom is 0.250 e. The van der Waals surface area contributed by atoms with Gasteiger partial charge in [0.2, 0.25) is 0 Å². The highest BCUT2D eigenvalue weighted by Gasteiger charge is 1.98. The number of H-pyrrole nitrogens is 1. The van der Waals surface area contributed by atoms with Crippen LogP contribution in [0.2, 0.25) is 5.15 Å². The lowest BCUT2D eigenvalue weighted by Crippen LogP contribution is -2.06. The summed E-state index contributed by atoms with van der Waals surface area (Å²) in [5.74, 6) is 0.851. The maximum atomic E-state index is 12.6. The number of halogens is 2. The van der Waals surface area contributed by atoms with Crippen LogP contribution in [0, 0.1) is 26.6 Å². The Morgan fingerprint density at radius 2 is 1.30 bits per heavy atom. The van der Waals surface area contributed by atoms with Crippen molar-refractivity contribution in [1.29, 1.82) is 0 Å². The Morgan fingerprint density at radius 3 is 1.65 bits per heavy atom. The largest absolute Gasteiger partial charge is 0.495 e. The average Bonchev–Trinajstić information content (AvgIpc) is 2.87. The predicted molar refractivity (Wildman–Crippen MR) is 156 cm³/mol. The molecule has 0 bridgehead atoms. The summed E-state index contributed by atoms with van der Waals surface area (Å²) in [5, 5.41) is 0.529. The molecule has 3 aromatic rings. The Kier molecular flexibility index (Phi) is 27.3. The lowest BCUT2D eigenvalue weighted by Gasteiger charge is -1.99. The molecule has 0 spiro atoms. The number of nitrogens with one attached hydrogen (secondary N) is 1. The van der Waals surface area contributed by atoms with E-state index in [2.05, 4.69) is 56.5 Å². The molecule has 6 nitrogen and oxygen atoms in total. The summed E-state index contributed by atoms with van der Waals surface area (Å²) in [6, 6.07) is 6.73. The zero-order valence-corrected chi connectivity index (χ0v) is 25.3. The minimum Gasteiger partial charge on any atom is -0.495 e. The van der Waals surface area contributed by atoms with Gasteiger partial charge in [-0.2, -0.15) is 0 Å². The first kappa shape index (κ1) is 38.6. The topological polar surface area (TPSA) is 77.1 Å². The molecule has 0 atom stereocenters. The van der Waals surface area contributed by atoms with Gasteiger partial charge in [-0.15, -0.1) is 0 Å². The maximum absolute atomic E-state index is 12.6. The van der Waals surface area contributed by atoms with Gasteiger partial charge in [0, 0.05) is 17.8 Å². The second-order valence-electron chi connectivity index (χ2n) is 7.73. The Bertz CT molecular complexity index is 942. The lowest BCUT2D eigenvalue weighted by molar-refractivity contribution is 0.408. The zero-order chi connectivity index (χ0) is 29.2. The highest BCUT2D eigenvalue weighted by molar-refractivity contribution is 6.30. The first-order valence-electron chi connectivity index (χ1n) is 12.5. The first-order chi connectivity index (χ1) is 17.5. The van der Waals surface area contributed by atoms with Crippen molar-refractivity contribution in [1.82, 2.24) is 15.0 Å². The van der Waals surface area contributed by atoms with Gasteiger partial charge in [-0.3, -0.25) is 9.78 Å². The Hall–Kier alpha value is -2.93. The average molecular weight is 540 g/mol. The number of hydrogen-bond donors (Lipinski definition) is 1. The van der Waals surface area contributed by atoms with Gasteiger partial charge >= 0.3 is 0 Å². The molecule has 37 heavy (non-hydrogen) atoms. The summed E-state index contributed by atoms with van der Waals surface area (Å²) in [5.41, 5.74) is 2.07. The Labute approximate surface area is 228 Å². The minimum atomic E-state index is -0.334. The van der Waals surface area contributed by atoms with Crippen molar-refractivity contribution in [3.05, 3.63) is 81.0 Å². The van der Waals surface area contributed by atoms with Crippen LogP contribution in [0.3, 0.4) is 0 Å². The summed E-state index contributed by atoms with van der Waals surface area (Å²) in [7, 11) is 3.08. The van der Waals surface area contributed by atoms with Crippen molar-refractivity contribution in [3.63, 3.8) is 0 Å². The molecule has 3 heterocycles. The molecule has 0 aliphatic rings. The molecule has 3 rings (SSSR count). The van der Waals surface area contributed by atoms with E-state index in [4.69, 9.17) is 21.1 Å². The van der Waals surface area contributed by atoms with Gasteiger partial charge in [0.05, 0.1) is 32.3 Å². The van der Waals surface area contributed by atoms with Gasteiger partial charge in [0.1, 0.15) is 22.5 Å². The van der Waals surface area contributed by atoms with Crippen LogP contribution in [0.15, 0.2) is 47.7 Å². The highest BCUT2D eigenvalue weighted by Crippen LogP contribution is 2.16. The molecule has 0 saturated carbocycles. The number of nitrogens with zero attached hydrogens (tertiary/aromatic N) is 2. The van der Waals surface area contributed by atoms with Crippen LogP contribution in [0.1, 0.15) is 77.6 Å². The lowest BCUT2D eigenvalue weighted by atomic mass is 10.3. The van der Waals surface area contributed by atoms with Crippen molar-refractivity contribution >= 4 is 11.6 Å². The molecule has 0 aliphatic heterocycles. The minimum absolute atomic E-state index is 0.00694. The van der Waals surface area contributed by atoms with E-state index in [1.807, 2.05) is 13.0 Å². The van der Waals surface area contributed by atoms with E-state index in [1.54, 1.807) is 45.5 Å². The van der Waals surface area contributed by atoms with E-state index >= 15 is 0 Å². The van der Waals surface area contributed by atoms with Crippen molar-refractivity contribution in [2.24, 2.45) is 0 Å². The standard InChI is InChI=1S/C7H8ClNO.C7H8FNO.C6H7NO.3C3H8/c1-5-3-6(10-2)4-9-7(5)8;1-5-7(8)3-6(10-2)4-9-5;1-5-3-2-4-7-6(5)8;3*1-3-2/h2*3-4H,1-2H3;2-4H,1H3,(H,7,8);3*3H2,1-2H3. The predicted octanol–water partition coefficient (Wildman–Crippen LogP) is 8.52. The molecular formula is C29H47ClFN3O3. The third-order valence-electron chi connectivity index (χ3n) is 3.48.